The molecule has 2 nitrogen and oxygen atoms in total. The number of hydrogen-bond donors (Lipinski definition) is 1. The molecule has 18 heavy (non-hydrogen) atoms. The van der Waals surface area contributed by atoms with Crippen molar-refractivity contribution in [3.05, 3.63) is 21.9 Å². The van der Waals surface area contributed by atoms with Crippen molar-refractivity contribution >= 4 is 11.3 Å². The van der Waals surface area contributed by atoms with Gasteiger partial charge in [0, 0.05) is 30.5 Å². The summed E-state index contributed by atoms with van der Waals surface area (Å²) >= 11 is 1.80. The van der Waals surface area contributed by atoms with E-state index in [-0.39, 0.29) is 5.41 Å². The van der Waals surface area contributed by atoms with Crippen LogP contribution in [0, 0.1) is 18.3 Å². The first-order chi connectivity index (χ1) is 8.60. The van der Waals surface area contributed by atoms with Crippen molar-refractivity contribution < 1.29 is 4.74 Å². The number of fused-ring (bicyclic) bond motifs is 1. The van der Waals surface area contributed by atoms with Crippen LogP contribution in [0.5, 0.6) is 0 Å². The molecule has 3 rings (SSSR count). The Kier molecular flexibility index (Phi) is 3.25. The maximum Gasteiger partial charge on any atom is 0.0684 e. The van der Waals surface area contributed by atoms with Gasteiger partial charge < -0.3 is 10.1 Å². The van der Waals surface area contributed by atoms with Crippen LogP contribution < -0.4 is 5.32 Å². The number of thiophene rings is 1. The normalized spacial score (nSPS) is 33.8. The van der Waals surface area contributed by atoms with E-state index < -0.39 is 0 Å². The van der Waals surface area contributed by atoms with E-state index in [0.717, 1.165) is 19.1 Å². The smallest absolute Gasteiger partial charge is 0.0684 e. The number of rotatable bonds is 3. The van der Waals surface area contributed by atoms with E-state index >= 15 is 0 Å². The first-order valence-corrected chi connectivity index (χ1v) is 7.91. The first kappa shape index (κ1) is 12.6. The van der Waals surface area contributed by atoms with Crippen LogP contribution in [0.15, 0.2) is 10.8 Å². The predicted molar refractivity (Wildman–Crippen MR) is 75.9 cm³/mol. The molecule has 1 saturated carbocycles. The third-order valence-electron chi connectivity index (χ3n) is 4.81. The van der Waals surface area contributed by atoms with Gasteiger partial charge in [0.25, 0.3) is 0 Å². The minimum absolute atomic E-state index is 0.287. The molecule has 3 unspecified atom stereocenters. The second-order valence-electron chi connectivity index (χ2n) is 6.36. The second kappa shape index (κ2) is 4.62. The summed E-state index contributed by atoms with van der Waals surface area (Å²) in [7, 11) is 0. The highest BCUT2D eigenvalue weighted by Crippen LogP contribution is 2.51. The summed E-state index contributed by atoms with van der Waals surface area (Å²) in [4.78, 5) is 0. The maximum absolute atomic E-state index is 5.95. The first-order valence-electron chi connectivity index (χ1n) is 6.97. The zero-order valence-electron chi connectivity index (χ0n) is 11.5. The lowest BCUT2D eigenvalue weighted by Gasteiger charge is -2.60. The molecule has 1 aromatic heterocycles. The summed E-state index contributed by atoms with van der Waals surface area (Å²) in [5.74, 6) is 0.729. The molecule has 0 amide bonds. The third kappa shape index (κ3) is 1.93. The fourth-order valence-electron chi connectivity index (χ4n) is 3.72. The molecule has 2 heterocycles. The molecule has 3 atom stereocenters. The van der Waals surface area contributed by atoms with Gasteiger partial charge in [-0.15, -0.1) is 0 Å². The minimum Gasteiger partial charge on any atom is -0.377 e. The maximum atomic E-state index is 5.95. The lowest BCUT2D eigenvalue weighted by molar-refractivity contribution is -0.192. The predicted octanol–water partition coefficient (Wildman–Crippen LogP) is 3.35. The zero-order valence-corrected chi connectivity index (χ0v) is 12.3. The Morgan fingerprint density at radius 3 is 3.00 bits per heavy atom. The van der Waals surface area contributed by atoms with Crippen molar-refractivity contribution in [3.8, 4) is 0 Å². The SMILES string of the molecule is Cc1cscc1CNC1C2CCCOC2C1(C)C. The number of hydrogen-bond acceptors (Lipinski definition) is 3. The molecule has 0 aromatic carbocycles. The molecule has 100 valence electrons. The van der Waals surface area contributed by atoms with Crippen molar-refractivity contribution in [2.24, 2.45) is 11.3 Å². The Hall–Kier alpha value is -0.380. The van der Waals surface area contributed by atoms with Gasteiger partial charge in [0.05, 0.1) is 6.10 Å². The monoisotopic (exact) mass is 265 g/mol. The van der Waals surface area contributed by atoms with Crippen LogP contribution in [-0.2, 0) is 11.3 Å². The van der Waals surface area contributed by atoms with Gasteiger partial charge in [-0.2, -0.15) is 11.3 Å². The summed E-state index contributed by atoms with van der Waals surface area (Å²) in [6.07, 6.45) is 3.04. The largest absolute Gasteiger partial charge is 0.377 e. The van der Waals surface area contributed by atoms with Gasteiger partial charge in [0.15, 0.2) is 0 Å². The third-order valence-corrected chi connectivity index (χ3v) is 5.72. The summed E-state index contributed by atoms with van der Waals surface area (Å²) in [5.41, 5.74) is 3.16. The van der Waals surface area contributed by atoms with Crippen LogP contribution in [-0.4, -0.2) is 18.8 Å². The Morgan fingerprint density at radius 1 is 1.44 bits per heavy atom. The summed E-state index contributed by atoms with van der Waals surface area (Å²) in [6, 6.07) is 0.613. The highest BCUT2D eigenvalue weighted by atomic mass is 32.1. The Balaban J connectivity index is 1.64. The second-order valence-corrected chi connectivity index (χ2v) is 7.10. The molecular formula is C15H23NOS. The van der Waals surface area contributed by atoms with Gasteiger partial charge in [0.1, 0.15) is 0 Å². The Labute approximate surface area is 114 Å². The number of nitrogens with one attached hydrogen (secondary N) is 1. The molecule has 0 spiro atoms. The Bertz CT molecular complexity index is 426. The summed E-state index contributed by atoms with van der Waals surface area (Å²) in [6.45, 7) is 8.86. The van der Waals surface area contributed by atoms with Crippen LogP contribution in [0.2, 0.25) is 0 Å². The van der Waals surface area contributed by atoms with Crippen molar-refractivity contribution in [3.63, 3.8) is 0 Å². The van der Waals surface area contributed by atoms with Crippen LogP contribution in [0.4, 0.5) is 0 Å². The fraction of sp³-hybridized carbons (Fsp3) is 0.733. The van der Waals surface area contributed by atoms with Crippen LogP contribution in [0.3, 0.4) is 0 Å². The minimum atomic E-state index is 0.287. The van der Waals surface area contributed by atoms with E-state index in [1.54, 1.807) is 11.3 Å². The average molecular weight is 265 g/mol. The fourth-order valence-corrected chi connectivity index (χ4v) is 4.58. The summed E-state index contributed by atoms with van der Waals surface area (Å²) in [5, 5.41) is 8.28. The highest BCUT2D eigenvalue weighted by molar-refractivity contribution is 7.08. The van der Waals surface area contributed by atoms with Gasteiger partial charge in [-0.05, 0) is 41.7 Å². The van der Waals surface area contributed by atoms with Crippen LogP contribution >= 0.6 is 11.3 Å². The lowest BCUT2D eigenvalue weighted by atomic mass is 9.55. The molecule has 0 bridgehead atoms. The van der Waals surface area contributed by atoms with E-state index in [0.29, 0.717) is 12.1 Å². The summed E-state index contributed by atoms with van der Waals surface area (Å²) < 4.78 is 5.95. The lowest BCUT2D eigenvalue weighted by Crippen LogP contribution is -2.69. The molecule has 1 N–H and O–H groups in total. The number of ether oxygens (including phenoxy) is 1. The van der Waals surface area contributed by atoms with Gasteiger partial charge in [-0.25, -0.2) is 0 Å². The van der Waals surface area contributed by atoms with Gasteiger partial charge >= 0.3 is 0 Å². The van der Waals surface area contributed by atoms with Gasteiger partial charge in [0.2, 0.25) is 0 Å². The molecule has 1 aliphatic heterocycles. The highest BCUT2D eigenvalue weighted by Gasteiger charge is 2.57. The van der Waals surface area contributed by atoms with Crippen molar-refractivity contribution in [1.82, 2.24) is 5.32 Å². The van der Waals surface area contributed by atoms with Crippen LogP contribution in [0.25, 0.3) is 0 Å². The topological polar surface area (TPSA) is 21.3 Å². The van der Waals surface area contributed by atoms with Crippen LogP contribution in [0.1, 0.15) is 37.8 Å². The average Bonchev–Trinajstić information content (AvgIpc) is 2.75. The molecule has 2 fully saturated rings. The van der Waals surface area contributed by atoms with E-state index in [1.165, 1.54) is 24.0 Å². The molecule has 2 aliphatic rings. The van der Waals surface area contributed by atoms with E-state index in [2.05, 4.69) is 36.8 Å². The molecule has 3 heteroatoms. The molecule has 1 aromatic rings. The Morgan fingerprint density at radius 2 is 2.28 bits per heavy atom. The van der Waals surface area contributed by atoms with Gasteiger partial charge in [-0.3, -0.25) is 0 Å². The van der Waals surface area contributed by atoms with E-state index in [9.17, 15) is 0 Å². The molecule has 1 aliphatic carbocycles. The zero-order chi connectivity index (χ0) is 12.8. The molecule has 0 radical (unpaired) electrons. The van der Waals surface area contributed by atoms with Crippen molar-refractivity contribution in [1.29, 1.82) is 0 Å². The van der Waals surface area contributed by atoms with E-state index in [4.69, 9.17) is 4.74 Å². The molecular weight excluding hydrogens is 242 g/mol. The van der Waals surface area contributed by atoms with Crippen molar-refractivity contribution in [2.75, 3.05) is 6.61 Å². The number of aryl methyl sites for hydroxylation is 1. The van der Waals surface area contributed by atoms with Crippen molar-refractivity contribution in [2.45, 2.75) is 52.3 Å². The molecule has 1 saturated heterocycles. The quantitative estimate of drug-likeness (QED) is 0.905. The van der Waals surface area contributed by atoms with Gasteiger partial charge in [-0.1, -0.05) is 13.8 Å². The standard InChI is InChI=1S/C15H23NOS/c1-10-8-18-9-11(10)7-16-13-12-5-4-6-17-14(12)15(13,2)3/h8-9,12-14,16H,4-7H2,1-3H3. The van der Waals surface area contributed by atoms with E-state index in [1.807, 2.05) is 0 Å².